The lowest BCUT2D eigenvalue weighted by molar-refractivity contribution is 0.477. The second-order valence-electron chi connectivity index (χ2n) is 3.14. The minimum absolute atomic E-state index is 0.403. The Balaban J connectivity index is 2.81. The smallest absolute Gasteiger partial charge is 0.408 e. The van der Waals surface area contributed by atoms with Gasteiger partial charge in [0.05, 0.1) is 11.0 Å². The van der Waals surface area contributed by atoms with E-state index in [1.54, 1.807) is 6.08 Å². The van der Waals surface area contributed by atoms with E-state index in [-0.39, 0.29) is 0 Å². The molecule has 0 atom stereocenters. The number of rotatable bonds is 1. The molecular formula is C12H11NO2. The lowest BCUT2D eigenvalue weighted by atomic mass is 10.3. The molecule has 0 aliphatic heterocycles. The van der Waals surface area contributed by atoms with Crippen LogP contribution in [0.3, 0.4) is 0 Å². The molecule has 1 heterocycles. The average Bonchev–Trinajstić information content (AvgIpc) is 2.55. The Kier molecular flexibility index (Phi) is 2.29. The molecule has 0 saturated heterocycles. The summed E-state index contributed by atoms with van der Waals surface area (Å²) < 4.78 is 6.49. The number of para-hydroxylation sites is 1. The first-order chi connectivity index (χ1) is 7.24. The molecule has 0 fully saturated rings. The van der Waals surface area contributed by atoms with Crippen molar-refractivity contribution in [3.8, 4) is 5.69 Å². The van der Waals surface area contributed by atoms with E-state index in [0.717, 1.165) is 5.69 Å². The summed E-state index contributed by atoms with van der Waals surface area (Å²) in [5.41, 5.74) is 1.29. The van der Waals surface area contributed by atoms with E-state index in [4.69, 9.17) is 4.42 Å². The summed E-state index contributed by atoms with van der Waals surface area (Å²) in [4.78, 5) is 11.6. The first-order valence-corrected chi connectivity index (χ1v) is 4.66. The minimum atomic E-state index is -0.403. The zero-order valence-corrected chi connectivity index (χ0v) is 8.43. The second-order valence-corrected chi connectivity index (χ2v) is 3.14. The fraction of sp³-hybridized carbons (Fsp3) is 0.0833. The van der Waals surface area contributed by atoms with Crippen LogP contribution in [0.1, 0.15) is 6.92 Å². The normalized spacial score (nSPS) is 11.9. The molecule has 15 heavy (non-hydrogen) atoms. The van der Waals surface area contributed by atoms with E-state index < -0.39 is 5.76 Å². The van der Waals surface area contributed by atoms with Crippen molar-refractivity contribution in [3.05, 3.63) is 51.6 Å². The third kappa shape index (κ3) is 1.52. The lowest BCUT2D eigenvalue weighted by Crippen LogP contribution is -2.29. The van der Waals surface area contributed by atoms with Crippen LogP contribution in [0, 0.1) is 0 Å². The Labute approximate surface area is 86.6 Å². The predicted molar refractivity (Wildman–Crippen MR) is 59.2 cm³/mol. The summed E-state index contributed by atoms with van der Waals surface area (Å²) in [5.74, 6) is -0.403. The van der Waals surface area contributed by atoms with Crippen LogP contribution >= 0.6 is 0 Å². The Morgan fingerprint density at radius 1 is 1.33 bits per heavy atom. The van der Waals surface area contributed by atoms with Gasteiger partial charge in [-0.05, 0) is 25.1 Å². The molecule has 3 heteroatoms. The first kappa shape index (κ1) is 9.52. The van der Waals surface area contributed by atoms with Crippen LogP contribution in [0.15, 0.2) is 39.5 Å². The van der Waals surface area contributed by atoms with Crippen molar-refractivity contribution in [1.82, 2.24) is 4.57 Å². The molecule has 3 nitrogen and oxygen atoms in total. The van der Waals surface area contributed by atoms with Crippen LogP contribution in [-0.4, -0.2) is 4.57 Å². The Morgan fingerprint density at radius 3 is 2.53 bits per heavy atom. The third-order valence-corrected chi connectivity index (χ3v) is 2.21. The summed E-state index contributed by atoms with van der Waals surface area (Å²) in [6.45, 7) is 5.63. The number of aromatic nitrogens is 1. The molecule has 0 spiro atoms. The van der Waals surface area contributed by atoms with Crippen LogP contribution in [0.5, 0.6) is 0 Å². The maximum atomic E-state index is 11.6. The van der Waals surface area contributed by atoms with Crippen LogP contribution in [-0.2, 0) is 0 Å². The largest absolute Gasteiger partial charge is 0.424 e. The fourth-order valence-corrected chi connectivity index (χ4v) is 1.48. The van der Waals surface area contributed by atoms with Crippen LogP contribution in [0.4, 0.5) is 0 Å². The van der Waals surface area contributed by atoms with Crippen molar-refractivity contribution >= 4 is 12.7 Å². The van der Waals surface area contributed by atoms with Gasteiger partial charge in [0, 0.05) is 0 Å². The highest BCUT2D eigenvalue weighted by Crippen LogP contribution is 1.99. The zero-order valence-electron chi connectivity index (χ0n) is 8.43. The molecule has 0 bridgehead atoms. The highest BCUT2D eigenvalue weighted by atomic mass is 16.4. The molecule has 1 aromatic heterocycles. The molecular weight excluding hydrogens is 190 g/mol. The molecule has 76 valence electrons. The molecule has 0 aliphatic carbocycles. The van der Waals surface area contributed by atoms with Gasteiger partial charge in [0.15, 0.2) is 5.42 Å². The molecule has 0 aliphatic rings. The van der Waals surface area contributed by atoms with Crippen molar-refractivity contribution in [2.24, 2.45) is 0 Å². The number of oxazole rings is 1. The van der Waals surface area contributed by atoms with Crippen molar-refractivity contribution < 1.29 is 4.42 Å². The Morgan fingerprint density at radius 2 is 2.00 bits per heavy atom. The van der Waals surface area contributed by atoms with E-state index in [1.165, 1.54) is 4.57 Å². The third-order valence-electron chi connectivity index (χ3n) is 2.21. The highest BCUT2D eigenvalue weighted by Gasteiger charge is 2.04. The van der Waals surface area contributed by atoms with E-state index in [2.05, 4.69) is 6.58 Å². The van der Waals surface area contributed by atoms with Crippen molar-refractivity contribution in [2.75, 3.05) is 0 Å². The Bertz CT molecular complexity index is 620. The van der Waals surface area contributed by atoms with Gasteiger partial charge in [-0.1, -0.05) is 24.8 Å². The molecule has 0 radical (unpaired) electrons. The van der Waals surface area contributed by atoms with Gasteiger partial charge in [-0.25, -0.2) is 9.36 Å². The SMILES string of the molecule is C=c1c(=CC)oc(=O)n1-c1ccccc1. The molecule has 0 unspecified atom stereocenters. The molecule has 2 rings (SSSR count). The van der Waals surface area contributed by atoms with Gasteiger partial charge in [0.2, 0.25) is 0 Å². The standard InChI is InChI=1S/C12H11NO2/c1-3-11-9(2)13(12(14)15-11)10-7-5-4-6-8-10/h3-8H,2H2,1H3. The van der Waals surface area contributed by atoms with Gasteiger partial charge in [0.25, 0.3) is 0 Å². The molecule has 1 aromatic carbocycles. The number of benzene rings is 1. The molecule has 0 N–H and O–H groups in total. The van der Waals surface area contributed by atoms with Crippen LogP contribution < -0.4 is 16.5 Å². The monoisotopic (exact) mass is 201 g/mol. The summed E-state index contributed by atoms with van der Waals surface area (Å²) >= 11 is 0. The first-order valence-electron chi connectivity index (χ1n) is 4.66. The summed E-state index contributed by atoms with van der Waals surface area (Å²) in [6, 6.07) is 9.30. The maximum Gasteiger partial charge on any atom is 0.424 e. The number of hydrogen-bond donors (Lipinski definition) is 0. The fourth-order valence-electron chi connectivity index (χ4n) is 1.48. The van der Waals surface area contributed by atoms with Crippen molar-refractivity contribution in [2.45, 2.75) is 6.92 Å². The van der Waals surface area contributed by atoms with E-state index in [9.17, 15) is 4.79 Å². The second kappa shape index (κ2) is 3.61. The number of hydrogen-bond acceptors (Lipinski definition) is 2. The minimum Gasteiger partial charge on any atom is -0.408 e. The number of nitrogens with zero attached hydrogens (tertiary/aromatic N) is 1. The van der Waals surface area contributed by atoms with Gasteiger partial charge >= 0.3 is 5.76 Å². The Hall–Kier alpha value is -2.03. The van der Waals surface area contributed by atoms with Crippen LogP contribution in [0.25, 0.3) is 18.3 Å². The van der Waals surface area contributed by atoms with Gasteiger partial charge < -0.3 is 4.42 Å². The van der Waals surface area contributed by atoms with E-state index in [0.29, 0.717) is 10.8 Å². The quantitative estimate of drug-likeness (QED) is 0.678. The molecule has 0 amide bonds. The summed E-state index contributed by atoms with van der Waals surface area (Å²) in [5, 5.41) is 0.578. The average molecular weight is 201 g/mol. The van der Waals surface area contributed by atoms with E-state index >= 15 is 0 Å². The van der Waals surface area contributed by atoms with Gasteiger partial charge in [-0.2, -0.15) is 0 Å². The van der Waals surface area contributed by atoms with Crippen molar-refractivity contribution in [3.63, 3.8) is 0 Å². The molecule has 2 aromatic rings. The lowest BCUT2D eigenvalue weighted by Gasteiger charge is -1.97. The zero-order chi connectivity index (χ0) is 10.8. The predicted octanol–water partition coefficient (Wildman–Crippen LogP) is 0.641. The summed E-state index contributed by atoms with van der Waals surface area (Å²) in [7, 11) is 0. The topological polar surface area (TPSA) is 35.1 Å². The summed E-state index contributed by atoms with van der Waals surface area (Å²) in [6.07, 6.45) is 1.73. The van der Waals surface area contributed by atoms with Gasteiger partial charge in [-0.15, -0.1) is 0 Å². The van der Waals surface area contributed by atoms with Crippen molar-refractivity contribution in [1.29, 1.82) is 0 Å². The van der Waals surface area contributed by atoms with E-state index in [1.807, 2.05) is 37.3 Å². The van der Waals surface area contributed by atoms with Gasteiger partial charge in [-0.3, -0.25) is 0 Å². The van der Waals surface area contributed by atoms with Gasteiger partial charge in [0.1, 0.15) is 0 Å². The molecule has 0 saturated carbocycles. The van der Waals surface area contributed by atoms with Crippen LogP contribution in [0.2, 0.25) is 0 Å². The highest BCUT2D eigenvalue weighted by molar-refractivity contribution is 5.32. The maximum absolute atomic E-state index is 11.6.